The molecule has 0 amide bonds. The van der Waals surface area contributed by atoms with Gasteiger partial charge in [-0.3, -0.25) is 4.68 Å². The first-order valence-electron chi connectivity index (χ1n) is 6.48. The lowest BCUT2D eigenvalue weighted by Gasteiger charge is -2.23. The van der Waals surface area contributed by atoms with Crippen LogP contribution in [-0.2, 0) is 0 Å². The van der Waals surface area contributed by atoms with Crippen molar-refractivity contribution in [2.24, 2.45) is 5.73 Å². The number of nitrogens with zero attached hydrogens (tertiary/aromatic N) is 2. The van der Waals surface area contributed by atoms with E-state index in [1.807, 2.05) is 6.92 Å². The highest BCUT2D eigenvalue weighted by atomic mass is 79.9. The number of hydrogen-bond acceptors (Lipinski definition) is 3. The second-order valence-electron chi connectivity index (χ2n) is 4.89. The molecule has 2 atom stereocenters. The van der Waals surface area contributed by atoms with Crippen molar-refractivity contribution in [3.05, 3.63) is 37.7 Å². The lowest BCUT2D eigenvalue weighted by atomic mass is 10.1. The quantitative estimate of drug-likeness (QED) is 0.914. The van der Waals surface area contributed by atoms with Crippen LogP contribution in [0.15, 0.2) is 16.6 Å². The van der Waals surface area contributed by atoms with Gasteiger partial charge in [0.1, 0.15) is 6.04 Å². The standard InChI is InChI=1S/C14H20BrN3S/c1-5-11(16)14(12-7-6-8(2)19-12)18-10(4)13(15)9(3)17-18/h6-7,11,14H,5,16H2,1-4H3. The molecule has 2 aromatic rings. The third-order valence-electron chi connectivity index (χ3n) is 3.43. The lowest BCUT2D eigenvalue weighted by Crippen LogP contribution is -2.33. The zero-order chi connectivity index (χ0) is 14.2. The minimum atomic E-state index is 0.0722. The fourth-order valence-corrected chi connectivity index (χ4v) is 3.56. The molecule has 2 aromatic heterocycles. The number of aromatic nitrogens is 2. The molecule has 2 unspecified atom stereocenters. The predicted molar refractivity (Wildman–Crippen MR) is 84.9 cm³/mol. The van der Waals surface area contributed by atoms with Gasteiger partial charge in [0.05, 0.1) is 15.9 Å². The summed E-state index contributed by atoms with van der Waals surface area (Å²) in [5.74, 6) is 0. The largest absolute Gasteiger partial charge is 0.326 e. The smallest absolute Gasteiger partial charge is 0.101 e. The topological polar surface area (TPSA) is 43.8 Å². The first-order chi connectivity index (χ1) is 8.95. The molecule has 19 heavy (non-hydrogen) atoms. The maximum Gasteiger partial charge on any atom is 0.101 e. The molecule has 2 heterocycles. The Bertz CT molecular complexity index is 573. The fraction of sp³-hybridized carbons (Fsp3) is 0.500. The van der Waals surface area contributed by atoms with E-state index in [0.717, 1.165) is 22.3 Å². The number of nitrogens with two attached hydrogens (primary N) is 1. The summed E-state index contributed by atoms with van der Waals surface area (Å²) in [5, 5.41) is 4.66. The summed E-state index contributed by atoms with van der Waals surface area (Å²) >= 11 is 5.40. The van der Waals surface area contributed by atoms with Crippen LogP contribution >= 0.6 is 27.3 Å². The normalized spacial score (nSPS) is 14.6. The molecule has 0 aromatic carbocycles. The number of aryl methyl sites for hydroxylation is 2. The highest BCUT2D eigenvalue weighted by Gasteiger charge is 2.25. The Labute approximate surface area is 126 Å². The summed E-state index contributed by atoms with van der Waals surface area (Å²) < 4.78 is 3.15. The summed E-state index contributed by atoms with van der Waals surface area (Å²) in [6.07, 6.45) is 0.928. The fourth-order valence-electron chi connectivity index (χ4n) is 2.26. The maximum atomic E-state index is 6.35. The van der Waals surface area contributed by atoms with Crippen LogP contribution in [-0.4, -0.2) is 15.8 Å². The van der Waals surface area contributed by atoms with E-state index in [0.29, 0.717) is 0 Å². The van der Waals surface area contributed by atoms with E-state index in [9.17, 15) is 0 Å². The van der Waals surface area contributed by atoms with Gasteiger partial charge in [-0.15, -0.1) is 11.3 Å². The van der Waals surface area contributed by atoms with Crippen LogP contribution in [0.25, 0.3) is 0 Å². The van der Waals surface area contributed by atoms with Crippen molar-refractivity contribution in [3.63, 3.8) is 0 Å². The van der Waals surface area contributed by atoms with Crippen LogP contribution < -0.4 is 5.73 Å². The van der Waals surface area contributed by atoms with Crippen molar-refractivity contribution >= 4 is 27.3 Å². The summed E-state index contributed by atoms with van der Waals surface area (Å²) in [7, 11) is 0. The molecule has 0 saturated heterocycles. The molecular formula is C14H20BrN3S. The zero-order valence-corrected chi connectivity index (χ0v) is 14.2. The second kappa shape index (κ2) is 5.77. The molecule has 0 aliphatic rings. The van der Waals surface area contributed by atoms with Crippen molar-refractivity contribution < 1.29 is 0 Å². The first-order valence-corrected chi connectivity index (χ1v) is 8.09. The molecule has 5 heteroatoms. The van der Waals surface area contributed by atoms with Gasteiger partial charge in [0.15, 0.2) is 0 Å². The molecule has 3 nitrogen and oxygen atoms in total. The Morgan fingerprint density at radius 3 is 2.47 bits per heavy atom. The Balaban J connectivity index is 2.52. The lowest BCUT2D eigenvalue weighted by molar-refractivity contribution is 0.421. The molecule has 0 saturated carbocycles. The Morgan fingerprint density at radius 2 is 2.05 bits per heavy atom. The average molecular weight is 342 g/mol. The van der Waals surface area contributed by atoms with E-state index < -0.39 is 0 Å². The molecule has 0 aliphatic carbocycles. The number of hydrogen-bond donors (Lipinski definition) is 1. The van der Waals surface area contributed by atoms with Crippen molar-refractivity contribution in [1.82, 2.24) is 9.78 Å². The van der Waals surface area contributed by atoms with Crippen LogP contribution in [0.3, 0.4) is 0 Å². The van der Waals surface area contributed by atoms with E-state index >= 15 is 0 Å². The molecular weight excluding hydrogens is 322 g/mol. The monoisotopic (exact) mass is 341 g/mol. The van der Waals surface area contributed by atoms with Gasteiger partial charge in [0, 0.05) is 15.8 Å². The molecule has 0 aliphatic heterocycles. The van der Waals surface area contributed by atoms with Crippen molar-refractivity contribution in [2.75, 3.05) is 0 Å². The van der Waals surface area contributed by atoms with E-state index in [2.05, 4.69) is 58.6 Å². The minimum absolute atomic E-state index is 0.0722. The van der Waals surface area contributed by atoms with Crippen molar-refractivity contribution in [2.45, 2.75) is 46.2 Å². The predicted octanol–water partition coefficient (Wildman–Crippen LogP) is 3.96. The Hall–Kier alpha value is -0.650. The number of halogens is 1. The van der Waals surface area contributed by atoms with Gasteiger partial charge < -0.3 is 5.73 Å². The summed E-state index contributed by atoms with van der Waals surface area (Å²) in [4.78, 5) is 2.59. The Morgan fingerprint density at radius 1 is 1.37 bits per heavy atom. The number of thiophene rings is 1. The molecule has 0 radical (unpaired) electrons. The third kappa shape index (κ3) is 2.78. The maximum absolute atomic E-state index is 6.35. The second-order valence-corrected chi connectivity index (χ2v) is 7.01. The molecule has 0 fully saturated rings. The van der Waals surface area contributed by atoms with E-state index in [1.54, 1.807) is 11.3 Å². The van der Waals surface area contributed by atoms with Crippen LogP contribution in [0.1, 0.15) is 40.5 Å². The highest BCUT2D eigenvalue weighted by molar-refractivity contribution is 9.10. The van der Waals surface area contributed by atoms with Crippen LogP contribution in [0.4, 0.5) is 0 Å². The van der Waals surface area contributed by atoms with Gasteiger partial charge in [0.2, 0.25) is 0 Å². The average Bonchev–Trinajstić information content (AvgIpc) is 2.90. The Kier molecular flexibility index (Phi) is 4.48. The molecule has 104 valence electrons. The van der Waals surface area contributed by atoms with E-state index in [4.69, 9.17) is 5.73 Å². The first kappa shape index (κ1) is 14.8. The van der Waals surface area contributed by atoms with Gasteiger partial charge in [-0.1, -0.05) is 6.92 Å². The van der Waals surface area contributed by atoms with E-state index in [-0.39, 0.29) is 12.1 Å². The van der Waals surface area contributed by atoms with Crippen molar-refractivity contribution in [1.29, 1.82) is 0 Å². The summed E-state index contributed by atoms with van der Waals surface area (Å²) in [6, 6.07) is 4.51. The molecule has 0 spiro atoms. The molecule has 2 N–H and O–H groups in total. The SMILES string of the molecule is CCC(N)C(c1ccc(C)s1)n1nc(C)c(Br)c1C. The van der Waals surface area contributed by atoms with Crippen LogP contribution in [0, 0.1) is 20.8 Å². The highest BCUT2D eigenvalue weighted by Crippen LogP contribution is 2.32. The minimum Gasteiger partial charge on any atom is -0.326 e. The van der Waals surface area contributed by atoms with Gasteiger partial charge in [-0.25, -0.2) is 0 Å². The van der Waals surface area contributed by atoms with Gasteiger partial charge in [-0.2, -0.15) is 5.10 Å². The van der Waals surface area contributed by atoms with Crippen LogP contribution in [0.2, 0.25) is 0 Å². The zero-order valence-electron chi connectivity index (χ0n) is 11.8. The molecule has 0 bridgehead atoms. The van der Waals surface area contributed by atoms with Crippen molar-refractivity contribution in [3.8, 4) is 0 Å². The summed E-state index contributed by atoms with van der Waals surface area (Å²) in [5.41, 5.74) is 8.50. The van der Waals surface area contributed by atoms with Gasteiger partial charge >= 0.3 is 0 Å². The van der Waals surface area contributed by atoms with Gasteiger partial charge in [-0.05, 0) is 55.3 Å². The molecule has 2 rings (SSSR count). The third-order valence-corrected chi connectivity index (χ3v) is 5.65. The van der Waals surface area contributed by atoms with E-state index in [1.165, 1.54) is 9.75 Å². The van der Waals surface area contributed by atoms with Crippen LogP contribution in [0.5, 0.6) is 0 Å². The number of rotatable bonds is 4. The van der Waals surface area contributed by atoms with Gasteiger partial charge in [0.25, 0.3) is 0 Å². The summed E-state index contributed by atoms with van der Waals surface area (Å²) in [6.45, 7) is 8.35.